The second-order valence-electron chi connectivity index (χ2n) is 12.6. The van der Waals surface area contributed by atoms with Gasteiger partial charge in [-0.15, -0.1) is 0 Å². The van der Waals surface area contributed by atoms with Gasteiger partial charge < -0.3 is 4.57 Å². The maximum absolute atomic E-state index is 14.7. The van der Waals surface area contributed by atoms with E-state index in [1.165, 1.54) is 10.5 Å². The highest BCUT2D eigenvalue weighted by molar-refractivity contribution is 6.36. The van der Waals surface area contributed by atoms with Gasteiger partial charge in [-0.05, 0) is 82.8 Å². The van der Waals surface area contributed by atoms with Crippen LogP contribution < -0.4 is 4.90 Å². The van der Waals surface area contributed by atoms with Gasteiger partial charge in [0.1, 0.15) is 0 Å². The number of amides is 2. The molecule has 0 saturated carbocycles. The molecule has 0 unspecified atom stereocenters. The largest absolute Gasteiger partial charge is 0.308 e. The molecule has 0 N–H and O–H groups in total. The lowest BCUT2D eigenvalue weighted by Crippen LogP contribution is -2.29. The number of nitrogens with zero attached hydrogens (tertiary/aromatic N) is 2. The fourth-order valence-electron chi connectivity index (χ4n) is 7.26. The number of para-hydroxylation sites is 1. The Morgan fingerprint density at radius 1 is 0.429 bits per heavy atom. The van der Waals surface area contributed by atoms with Gasteiger partial charge in [-0.2, -0.15) is 0 Å². The highest BCUT2D eigenvalue weighted by Gasteiger charge is 2.39. The van der Waals surface area contributed by atoms with Crippen LogP contribution in [0.3, 0.4) is 0 Å². The van der Waals surface area contributed by atoms with Gasteiger partial charge in [0, 0.05) is 10.8 Å². The highest BCUT2D eigenvalue weighted by atomic mass is 16.2. The molecule has 1 aliphatic rings. The van der Waals surface area contributed by atoms with E-state index in [1.807, 2.05) is 97.1 Å². The molecule has 0 spiro atoms. The topological polar surface area (TPSA) is 42.3 Å². The molecule has 232 valence electrons. The first-order valence-corrected chi connectivity index (χ1v) is 16.4. The van der Waals surface area contributed by atoms with Crippen molar-refractivity contribution in [3.05, 3.63) is 180 Å². The predicted molar refractivity (Wildman–Crippen MR) is 199 cm³/mol. The molecule has 7 aromatic carbocycles. The fourth-order valence-corrected chi connectivity index (χ4v) is 7.26. The summed E-state index contributed by atoms with van der Waals surface area (Å²) in [7, 11) is 0. The van der Waals surface area contributed by atoms with Crippen LogP contribution in [0.25, 0.3) is 60.9 Å². The molecule has 8 aromatic rings. The van der Waals surface area contributed by atoms with Crippen molar-refractivity contribution < 1.29 is 9.59 Å². The molecule has 4 heteroatoms. The van der Waals surface area contributed by atoms with E-state index < -0.39 is 0 Å². The van der Waals surface area contributed by atoms with Crippen molar-refractivity contribution in [3.8, 4) is 39.1 Å². The van der Waals surface area contributed by atoms with Crippen molar-refractivity contribution in [2.75, 3.05) is 4.90 Å². The van der Waals surface area contributed by atoms with Gasteiger partial charge in [-0.1, -0.05) is 127 Å². The SMILES string of the molecule is Cc1cccc(-c2ccc3c4ccccc4n(-c4cccc5c4C(=O)N(c4cc(-c6ccccc6)cc(-c6ccccc6)c4)C5=O)c3c2)c1. The summed E-state index contributed by atoms with van der Waals surface area (Å²) in [4.78, 5) is 30.4. The molecule has 1 aliphatic heterocycles. The number of rotatable bonds is 5. The zero-order chi connectivity index (χ0) is 33.1. The first kappa shape index (κ1) is 28.7. The first-order valence-electron chi connectivity index (χ1n) is 16.4. The Labute approximate surface area is 284 Å². The molecule has 0 saturated heterocycles. The number of carbonyl (C=O) groups excluding carboxylic acids is 2. The van der Waals surface area contributed by atoms with E-state index in [0.717, 1.165) is 55.2 Å². The standard InChI is InChI=1S/C45H30N2O2/c1-29-12-10-17-32(24-29)33-22-23-38-37-18-8-9-20-40(37)47(42(38)28-33)41-21-11-19-39-43(41)45(49)46(44(39)48)36-26-34(30-13-4-2-5-14-30)25-35(27-36)31-15-6-3-7-16-31/h2-28H,1H3. The van der Waals surface area contributed by atoms with Crippen LogP contribution in [0.2, 0.25) is 0 Å². The van der Waals surface area contributed by atoms with Crippen molar-refractivity contribution in [2.24, 2.45) is 0 Å². The van der Waals surface area contributed by atoms with E-state index >= 15 is 0 Å². The number of anilines is 1. The molecule has 2 amide bonds. The average molecular weight is 631 g/mol. The highest BCUT2D eigenvalue weighted by Crippen LogP contribution is 2.40. The Hall–Kier alpha value is -6.52. The Morgan fingerprint density at radius 2 is 1.04 bits per heavy atom. The van der Waals surface area contributed by atoms with Crippen LogP contribution in [0, 0.1) is 6.92 Å². The summed E-state index contributed by atoms with van der Waals surface area (Å²) < 4.78 is 2.15. The van der Waals surface area contributed by atoms with Crippen LogP contribution in [-0.4, -0.2) is 16.4 Å². The van der Waals surface area contributed by atoms with Crippen LogP contribution in [0.15, 0.2) is 164 Å². The number of imide groups is 1. The zero-order valence-electron chi connectivity index (χ0n) is 26.8. The quantitative estimate of drug-likeness (QED) is 0.178. The Balaban J connectivity index is 1.24. The maximum atomic E-state index is 14.7. The Morgan fingerprint density at radius 3 is 1.76 bits per heavy atom. The Kier molecular flexibility index (Phi) is 6.63. The molecule has 0 radical (unpaired) electrons. The Bertz CT molecular complexity index is 2540. The van der Waals surface area contributed by atoms with Crippen LogP contribution in [0.4, 0.5) is 5.69 Å². The second kappa shape index (κ2) is 11.3. The number of hydrogen-bond acceptors (Lipinski definition) is 2. The molecule has 4 nitrogen and oxygen atoms in total. The normalized spacial score (nSPS) is 12.6. The number of aromatic nitrogens is 1. The number of fused-ring (bicyclic) bond motifs is 4. The molecular weight excluding hydrogens is 601 g/mol. The van der Waals surface area contributed by atoms with Crippen LogP contribution >= 0.6 is 0 Å². The minimum Gasteiger partial charge on any atom is -0.308 e. The predicted octanol–water partition coefficient (Wildman–Crippen LogP) is 10.9. The number of carbonyl (C=O) groups is 2. The number of hydrogen-bond donors (Lipinski definition) is 0. The molecule has 49 heavy (non-hydrogen) atoms. The molecule has 0 aliphatic carbocycles. The summed E-state index contributed by atoms with van der Waals surface area (Å²) in [5, 5.41) is 2.17. The van der Waals surface area contributed by atoms with Gasteiger partial charge in [0.15, 0.2) is 0 Å². The molecule has 1 aromatic heterocycles. The van der Waals surface area contributed by atoms with Crippen LogP contribution in [0.5, 0.6) is 0 Å². The lowest BCUT2D eigenvalue weighted by molar-refractivity contribution is 0.0926. The van der Waals surface area contributed by atoms with Gasteiger partial charge in [0.2, 0.25) is 0 Å². The second-order valence-corrected chi connectivity index (χ2v) is 12.6. The van der Waals surface area contributed by atoms with Crippen molar-refractivity contribution >= 4 is 39.3 Å². The fraction of sp³-hybridized carbons (Fsp3) is 0.0222. The summed E-state index contributed by atoms with van der Waals surface area (Å²) in [5.41, 5.74) is 11.3. The van der Waals surface area contributed by atoms with E-state index in [9.17, 15) is 9.59 Å². The molecule has 2 heterocycles. The molecule has 0 atom stereocenters. The third-order valence-corrected chi connectivity index (χ3v) is 9.55. The van der Waals surface area contributed by atoms with E-state index in [2.05, 4.69) is 72.2 Å². The zero-order valence-corrected chi connectivity index (χ0v) is 26.8. The smallest absolute Gasteiger partial charge is 0.268 e. The number of benzene rings is 7. The summed E-state index contributed by atoms with van der Waals surface area (Å²) in [6, 6.07) is 54.9. The van der Waals surface area contributed by atoms with E-state index in [1.54, 1.807) is 6.07 Å². The van der Waals surface area contributed by atoms with Crippen molar-refractivity contribution in [3.63, 3.8) is 0 Å². The van der Waals surface area contributed by atoms with Crippen LogP contribution in [-0.2, 0) is 0 Å². The molecule has 9 rings (SSSR count). The van der Waals surface area contributed by atoms with E-state index in [0.29, 0.717) is 22.5 Å². The van der Waals surface area contributed by atoms with Crippen molar-refractivity contribution in [1.29, 1.82) is 0 Å². The van der Waals surface area contributed by atoms with Crippen molar-refractivity contribution in [2.45, 2.75) is 6.92 Å². The number of aryl methyl sites for hydroxylation is 1. The van der Waals surface area contributed by atoms with E-state index in [-0.39, 0.29) is 11.8 Å². The maximum Gasteiger partial charge on any atom is 0.268 e. The summed E-state index contributed by atoms with van der Waals surface area (Å²) in [6.45, 7) is 2.10. The first-order chi connectivity index (χ1) is 24.0. The molecular formula is C45H30N2O2. The van der Waals surface area contributed by atoms with Gasteiger partial charge in [0.05, 0.1) is 33.5 Å². The summed E-state index contributed by atoms with van der Waals surface area (Å²) in [6.07, 6.45) is 0. The van der Waals surface area contributed by atoms with Gasteiger partial charge >= 0.3 is 0 Å². The van der Waals surface area contributed by atoms with E-state index in [4.69, 9.17) is 0 Å². The van der Waals surface area contributed by atoms with Crippen molar-refractivity contribution in [1.82, 2.24) is 4.57 Å². The van der Waals surface area contributed by atoms with Crippen LogP contribution in [0.1, 0.15) is 26.3 Å². The lowest BCUT2D eigenvalue weighted by Gasteiger charge is -2.18. The lowest BCUT2D eigenvalue weighted by atomic mass is 9.97. The third kappa shape index (κ3) is 4.68. The molecule has 0 fully saturated rings. The average Bonchev–Trinajstić information content (AvgIpc) is 3.62. The monoisotopic (exact) mass is 630 g/mol. The summed E-state index contributed by atoms with van der Waals surface area (Å²) in [5.74, 6) is -0.659. The minimum absolute atomic E-state index is 0.327. The molecule has 0 bridgehead atoms. The summed E-state index contributed by atoms with van der Waals surface area (Å²) >= 11 is 0. The van der Waals surface area contributed by atoms with Gasteiger partial charge in [-0.25, -0.2) is 4.90 Å². The third-order valence-electron chi connectivity index (χ3n) is 9.55. The van der Waals surface area contributed by atoms with Gasteiger partial charge in [0.25, 0.3) is 11.8 Å². The minimum atomic E-state index is -0.333. The van der Waals surface area contributed by atoms with Gasteiger partial charge in [-0.3, -0.25) is 9.59 Å².